The number of hydrogen-bond acceptors (Lipinski definition) is 10. The quantitative estimate of drug-likeness (QED) is 0.325. The first-order chi connectivity index (χ1) is 19.8. The average molecular weight is 576 g/mol. The third kappa shape index (κ3) is 5.51. The molecular formula is C27H30ClN11O2. The molecule has 212 valence electrons. The van der Waals surface area contributed by atoms with Crippen molar-refractivity contribution >= 4 is 46.5 Å². The van der Waals surface area contributed by atoms with Crippen molar-refractivity contribution in [2.45, 2.75) is 50.7 Å². The number of carbonyl (C=O) groups is 1. The first-order valence-corrected chi connectivity index (χ1v) is 14.1. The zero-order chi connectivity index (χ0) is 28.7. The highest BCUT2D eigenvalue weighted by molar-refractivity contribution is 6.36. The topological polar surface area (TPSA) is 171 Å². The van der Waals surface area contributed by atoms with Gasteiger partial charge in [0.1, 0.15) is 6.07 Å². The Bertz CT molecular complexity index is 1570. The SMILES string of the molecule is C[C@@H]1CN(C2CCN(c3cc(C#N)cc(Nc4nc(NC5CC5)c5ncc(C#N)n5n4)c3Cl)CC2)C[C@H]1NC(=O)O. The Morgan fingerprint density at radius 2 is 1.93 bits per heavy atom. The van der Waals surface area contributed by atoms with Gasteiger partial charge in [-0.2, -0.15) is 20.0 Å². The number of imidazole rings is 1. The summed E-state index contributed by atoms with van der Waals surface area (Å²) < 4.78 is 1.45. The van der Waals surface area contributed by atoms with E-state index in [9.17, 15) is 15.3 Å². The first-order valence-electron chi connectivity index (χ1n) is 13.7. The molecule has 13 nitrogen and oxygen atoms in total. The fraction of sp³-hybridized carbons (Fsp3) is 0.481. The number of benzene rings is 1. The summed E-state index contributed by atoms with van der Waals surface area (Å²) in [6, 6.07) is 8.40. The molecule has 1 aromatic carbocycles. The first kappa shape index (κ1) is 26.9. The van der Waals surface area contributed by atoms with E-state index in [4.69, 9.17) is 16.7 Å². The number of halogens is 1. The van der Waals surface area contributed by atoms with E-state index in [0.29, 0.717) is 46.4 Å². The van der Waals surface area contributed by atoms with Crippen LogP contribution in [0.15, 0.2) is 18.3 Å². The number of hydrogen-bond donors (Lipinski definition) is 4. The number of aromatic nitrogens is 4. The molecule has 1 aliphatic carbocycles. The lowest BCUT2D eigenvalue weighted by Crippen LogP contribution is -2.45. The number of anilines is 4. The molecule has 41 heavy (non-hydrogen) atoms. The van der Waals surface area contributed by atoms with Crippen LogP contribution in [0.4, 0.5) is 27.9 Å². The van der Waals surface area contributed by atoms with Crippen LogP contribution in [0.2, 0.25) is 5.02 Å². The summed E-state index contributed by atoms with van der Waals surface area (Å²) in [5, 5.41) is 42.6. The minimum Gasteiger partial charge on any atom is -0.465 e. The fourth-order valence-corrected chi connectivity index (χ4v) is 6.04. The zero-order valence-corrected chi connectivity index (χ0v) is 23.3. The number of amides is 1. The van der Waals surface area contributed by atoms with E-state index < -0.39 is 6.09 Å². The standard InChI is InChI=1S/C27H30ClN11O2/c1-15-13-38(14-21(15)34-27(40)41)18-4-6-37(7-5-18)22-9-16(10-29)8-20(23(22)28)33-26-35-24(32-17-2-3-17)25-31-12-19(11-30)39(25)36-26/h8-9,12,15,17-18,21,34H,2-7,13-14H2,1H3,(H,40,41)(H2,32,33,35,36)/t15-,21-/m1/s1. The molecule has 2 saturated heterocycles. The van der Waals surface area contributed by atoms with Gasteiger partial charge in [-0.15, -0.1) is 5.10 Å². The van der Waals surface area contributed by atoms with Gasteiger partial charge in [-0.3, -0.25) is 4.90 Å². The van der Waals surface area contributed by atoms with Gasteiger partial charge in [0, 0.05) is 44.3 Å². The number of fused-ring (bicyclic) bond motifs is 1. The van der Waals surface area contributed by atoms with Crippen LogP contribution in [-0.2, 0) is 0 Å². The molecule has 2 atom stereocenters. The summed E-state index contributed by atoms with van der Waals surface area (Å²) in [6.45, 7) is 5.15. The molecule has 4 N–H and O–H groups in total. The summed E-state index contributed by atoms with van der Waals surface area (Å²) in [5.74, 6) is 1.01. The number of likely N-dealkylation sites (tertiary alicyclic amines) is 1. The summed E-state index contributed by atoms with van der Waals surface area (Å²) >= 11 is 6.93. The van der Waals surface area contributed by atoms with E-state index in [1.165, 1.54) is 10.7 Å². The van der Waals surface area contributed by atoms with Gasteiger partial charge < -0.3 is 26.0 Å². The number of rotatable bonds is 7. The Labute approximate surface area is 241 Å². The summed E-state index contributed by atoms with van der Waals surface area (Å²) in [7, 11) is 0. The van der Waals surface area contributed by atoms with Crippen molar-refractivity contribution in [3.63, 3.8) is 0 Å². The maximum atomic E-state index is 11.1. The normalized spacial score (nSPS) is 21.4. The summed E-state index contributed by atoms with van der Waals surface area (Å²) in [6.07, 6.45) is 4.36. The largest absolute Gasteiger partial charge is 0.465 e. The van der Waals surface area contributed by atoms with Gasteiger partial charge in [-0.1, -0.05) is 18.5 Å². The molecule has 0 spiro atoms. The second-order valence-electron chi connectivity index (χ2n) is 11.0. The zero-order valence-electron chi connectivity index (χ0n) is 22.5. The maximum absolute atomic E-state index is 11.1. The lowest BCUT2D eigenvalue weighted by atomic mass is 10.0. The summed E-state index contributed by atoms with van der Waals surface area (Å²) in [4.78, 5) is 24.6. The van der Waals surface area contributed by atoms with Gasteiger partial charge in [-0.25, -0.2) is 9.78 Å². The minimum atomic E-state index is -0.980. The Kier molecular flexibility index (Phi) is 7.15. The van der Waals surface area contributed by atoms with Crippen LogP contribution in [0, 0.1) is 28.6 Å². The predicted molar refractivity (Wildman–Crippen MR) is 153 cm³/mol. The van der Waals surface area contributed by atoms with E-state index in [0.717, 1.165) is 51.0 Å². The smallest absolute Gasteiger partial charge is 0.404 e. The molecular weight excluding hydrogens is 546 g/mol. The van der Waals surface area contributed by atoms with E-state index >= 15 is 0 Å². The third-order valence-corrected chi connectivity index (χ3v) is 8.49. The highest BCUT2D eigenvalue weighted by Crippen LogP contribution is 2.38. The number of nitriles is 2. The second kappa shape index (κ2) is 10.9. The molecule has 1 amide bonds. The predicted octanol–water partition coefficient (Wildman–Crippen LogP) is 3.40. The Morgan fingerprint density at radius 3 is 2.61 bits per heavy atom. The number of piperidine rings is 1. The Balaban J connectivity index is 1.21. The second-order valence-corrected chi connectivity index (χ2v) is 11.4. The minimum absolute atomic E-state index is 0.0612. The molecule has 4 heterocycles. The van der Waals surface area contributed by atoms with Crippen molar-refractivity contribution < 1.29 is 9.90 Å². The lowest BCUT2D eigenvalue weighted by molar-refractivity contribution is 0.183. The summed E-state index contributed by atoms with van der Waals surface area (Å²) in [5.41, 5.74) is 2.44. The molecule has 3 aliphatic rings. The van der Waals surface area contributed by atoms with Crippen LogP contribution in [0.5, 0.6) is 0 Å². The van der Waals surface area contributed by atoms with E-state index in [-0.39, 0.29) is 23.6 Å². The molecule has 3 aromatic rings. The van der Waals surface area contributed by atoms with Crippen molar-refractivity contribution in [3.8, 4) is 12.1 Å². The maximum Gasteiger partial charge on any atom is 0.404 e. The van der Waals surface area contributed by atoms with E-state index in [2.05, 4.69) is 59.9 Å². The van der Waals surface area contributed by atoms with Crippen LogP contribution in [-0.4, -0.2) is 80.0 Å². The van der Waals surface area contributed by atoms with Gasteiger partial charge in [0.25, 0.3) is 0 Å². The van der Waals surface area contributed by atoms with Gasteiger partial charge in [0.05, 0.1) is 34.2 Å². The third-order valence-electron chi connectivity index (χ3n) is 8.09. The van der Waals surface area contributed by atoms with Crippen LogP contribution < -0.4 is 20.9 Å². The molecule has 3 fully saturated rings. The van der Waals surface area contributed by atoms with Crippen LogP contribution in [0.25, 0.3) is 5.65 Å². The van der Waals surface area contributed by atoms with Crippen molar-refractivity contribution in [2.24, 2.45) is 5.92 Å². The van der Waals surface area contributed by atoms with Gasteiger partial charge in [0.15, 0.2) is 17.2 Å². The van der Waals surface area contributed by atoms with Crippen molar-refractivity contribution in [3.05, 3.63) is 34.6 Å². The van der Waals surface area contributed by atoms with Gasteiger partial charge in [-0.05, 0) is 43.7 Å². The molecule has 0 unspecified atom stereocenters. The molecule has 14 heteroatoms. The molecule has 2 aromatic heterocycles. The highest BCUT2D eigenvalue weighted by atomic mass is 35.5. The number of carboxylic acid groups (broad SMARTS) is 1. The van der Waals surface area contributed by atoms with Crippen molar-refractivity contribution in [2.75, 3.05) is 41.7 Å². The van der Waals surface area contributed by atoms with Crippen molar-refractivity contribution in [1.82, 2.24) is 29.8 Å². The van der Waals surface area contributed by atoms with E-state index in [1.54, 1.807) is 12.1 Å². The van der Waals surface area contributed by atoms with Gasteiger partial charge >= 0.3 is 6.09 Å². The van der Waals surface area contributed by atoms with E-state index in [1.807, 2.05) is 0 Å². The fourth-order valence-electron chi connectivity index (χ4n) is 5.76. The molecule has 1 saturated carbocycles. The highest BCUT2D eigenvalue weighted by Gasteiger charge is 2.36. The van der Waals surface area contributed by atoms with Crippen molar-refractivity contribution in [1.29, 1.82) is 10.5 Å². The molecule has 2 aliphatic heterocycles. The Hall–Kier alpha value is -4.33. The lowest BCUT2D eigenvalue weighted by Gasteiger charge is -2.38. The van der Waals surface area contributed by atoms with Crippen LogP contribution in [0.1, 0.15) is 43.9 Å². The monoisotopic (exact) mass is 575 g/mol. The van der Waals surface area contributed by atoms with Crippen LogP contribution >= 0.6 is 11.6 Å². The number of nitrogens with one attached hydrogen (secondary N) is 3. The average Bonchev–Trinajstić information content (AvgIpc) is 3.57. The Morgan fingerprint density at radius 1 is 1.15 bits per heavy atom. The molecule has 0 radical (unpaired) electrons. The van der Waals surface area contributed by atoms with Gasteiger partial charge in [0.2, 0.25) is 5.95 Å². The molecule has 6 rings (SSSR count). The molecule has 0 bridgehead atoms. The van der Waals surface area contributed by atoms with Crippen LogP contribution in [0.3, 0.4) is 0 Å². The number of nitrogens with zero attached hydrogens (tertiary/aromatic N) is 8.